The maximum atomic E-state index is 11.6. The van der Waals surface area contributed by atoms with Crippen LogP contribution in [0.3, 0.4) is 0 Å². The normalized spacial score (nSPS) is 17.3. The number of allylic oxidation sites excluding steroid dienone is 5. The molecule has 0 heterocycles. The minimum Gasteiger partial charge on any atom is -0.377 e. The van der Waals surface area contributed by atoms with Gasteiger partial charge in [-0.15, -0.1) is 0 Å². The number of sulfonamides is 1. The van der Waals surface area contributed by atoms with Gasteiger partial charge in [0, 0.05) is 33.8 Å². The van der Waals surface area contributed by atoms with Crippen LogP contribution in [0, 0.1) is 5.41 Å². The SMILES string of the molecule is CN/C(=C1/C=CC=C(c2ccc(Cl)cc2Cl)C1=N)S(N)(=O)=O. The summed E-state index contributed by atoms with van der Waals surface area (Å²) in [4.78, 5) is 0. The molecule has 0 fully saturated rings. The fraction of sp³-hybridized carbons (Fsp3) is 0.0714. The molecule has 1 aliphatic rings. The Morgan fingerprint density at radius 3 is 2.55 bits per heavy atom. The van der Waals surface area contributed by atoms with Crippen LogP contribution in [0.4, 0.5) is 0 Å². The van der Waals surface area contributed by atoms with Gasteiger partial charge in [-0.2, -0.15) is 0 Å². The zero-order chi connectivity index (χ0) is 16.5. The lowest BCUT2D eigenvalue weighted by Crippen LogP contribution is -2.27. The number of nitrogens with two attached hydrogens (primary N) is 1. The molecule has 0 aromatic heterocycles. The Morgan fingerprint density at radius 2 is 2.00 bits per heavy atom. The van der Waals surface area contributed by atoms with Crippen molar-refractivity contribution < 1.29 is 8.42 Å². The zero-order valence-electron chi connectivity index (χ0n) is 11.5. The molecule has 0 bridgehead atoms. The van der Waals surface area contributed by atoms with E-state index >= 15 is 0 Å². The summed E-state index contributed by atoms with van der Waals surface area (Å²) in [5, 5.41) is 16.6. The Hall–Kier alpha value is -1.60. The first-order valence-electron chi connectivity index (χ1n) is 6.13. The molecular weight excluding hydrogens is 345 g/mol. The van der Waals surface area contributed by atoms with Gasteiger partial charge in [0.05, 0.1) is 5.71 Å². The first kappa shape index (κ1) is 16.8. The van der Waals surface area contributed by atoms with E-state index in [1.54, 1.807) is 30.4 Å². The molecular formula is C14H13Cl2N3O2S. The Labute approximate surface area is 138 Å². The lowest BCUT2D eigenvalue weighted by atomic mass is 9.92. The number of halogens is 2. The fourth-order valence-electron chi connectivity index (χ4n) is 2.10. The predicted molar refractivity (Wildman–Crippen MR) is 90.5 cm³/mol. The minimum absolute atomic E-state index is 0.00472. The van der Waals surface area contributed by atoms with Gasteiger partial charge in [-0.1, -0.05) is 41.4 Å². The molecule has 2 rings (SSSR count). The molecule has 0 saturated carbocycles. The highest BCUT2D eigenvalue weighted by Crippen LogP contribution is 2.32. The molecule has 0 saturated heterocycles. The van der Waals surface area contributed by atoms with Crippen LogP contribution >= 0.6 is 23.2 Å². The van der Waals surface area contributed by atoms with Gasteiger partial charge in [-0.25, -0.2) is 13.6 Å². The molecule has 0 unspecified atom stereocenters. The van der Waals surface area contributed by atoms with Gasteiger partial charge in [0.1, 0.15) is 0 Å². The second-order valence-electron chi connectivity index (χ2n) is 4.48. The third kappa shape index (κ3) is 3.25. The molecule has 116 valence electrons. The Morgan fingerprint density at radius 1 is 1.32 bits per heavy atom. The number of benzene rings is 1. The maximum absolute atomic E-state index is 11.6. The summed E-state index contributed by atoms with van der Waals surface area (Å²) in [6.07, 6.45) is 4.82. The maximum Gasteiger partial charge on any atom is 0.253 e. The van der Waals surface area contributed by atoms with E-state index in [0.29, 0.717) is 21.2 Å². The Balaban J connectivity index is 2.59. The molecule has 0 atom stereocenters. The predicted octanol–water partition coefficient (Wildman–Crippen LogP) is 2.69. The van der Waals surface area contributed by atoms with Crippen molar-refractivity contribution in [2.24, 2.45) is 5.14 Å². The number of hydrogen-bond donors (Lipinski definition) is 3. The summed E-state index contributed by atoms with van der Waals surface area (Å²) < 4.78 is 23.3. The van der Waals surface area contributed by atoms with Crippen LogP contribution in [0.5, 0.6) is 0 Å². The Kier molecular flexibility index (Phi) is 4.77. The molecule has 0 amide bonds. The van der Waals surface area contributed by atoms with E-state index < -0.39 is 10.0 Å². The molecule has 4 N–H and O–H groups in total. The van der Waals surface area contributed by atoms with Crippen LogP contribution in [-0.4, -0.2) is 21.2 Å². The third-order valence-electron chi connectivity index (χ3n) is 3.04. The van der Waals surface area contributed by atoms with E-state index in [2.05, 4.69) is 5.32 Å². The van der Waals surface area contributed by atoms with Crippen molar-refractivity contribution in [3.8, 4) is 0 Å². The first-order chi connectivity index (χ1) is 10.3. The van der Waals surface area contributed by atoms with Crippen molar-refractivity contribution in [2.75, 3.05) is 7.05 Å². The van der Waals surface area contributed by atoms with Gasteiger partial charge in [0.25, 0.3) is 10.0 Å². The van der Waals surface area contributed by atoms with E-state index in [1.807, 2.05) is 0 Å². The summed E-state index contributed by atoms with van der Waals surface area (Å²) in [5.74, 6) is 0. The van der Waals surface area contributed by atoms with E-state index in [4.69, 9.17) is 33.8 Å². The van der Waals surface area contributed by atoms with Gasteiger partial charge in [0.2, 0.25) is 0 Å². The van der Waals surface area contributed by atoms with Crippen LogP contribution in [-0.2, 0) is 10.0 Å². The smallest absolute Gasteiger partial charge is 0.253 e. The van der Waals surface area contributed by atoms with Gasteiger partial charge < -0.3 is 5.32 Å². The molecule has 0 radical (unpaired) electrons. The average molecular weight is 358 g/mol. The highest BCUT2D eigenvalue weighted by Gasteiger charge is 2.23. The monoisotopic (exact) mass is 357 g/mol. The summed E-state index contributed by atoms with van der Waals surface area (Å²) >= 11 is 12.0. The number of hydrogen-bond acceptors (Lipinski definition) is 4. The summed E-state index contributed by atoms with van der Waals surface area (Å²) in [7, 11) is -2.54. The topological polar surface area (TPSA) is 96.0 Å². The summed E-state index contributed by atoms with van der Waals surface area (Å²) in [5.41, 5.74) is 1.25. The van der Waals surface area contributed by atoms with Crippen molar-refractivity contribution in [3.05, 3.63) is 62.6 Å². The van der Waals surface area contributed by atoms with Crippen molar-refractivity contribution in [2.45, 2.75) is 0 Å². The number of primary sulfonamides is 1. The minimum atomic E-state index is -3.97. The van der Waals surface area contributed by atoms with Crippen LogP contribution in [0.2, 0.25) is 10.0 Å². The average Bonchev–Trinajstić information content (AvgIpc) is 2.41. The summed E-state index contributed by atoms with van der Waals surface area (Å²) in [6.45, 7) is 0. The second kappa shape index (κ2) is 6.26. The highest BCUT2D eigenvalue weighted by molar-refractivity contribution is 7.93. The third-order valence-corrected chi connectivity index (χ3v) is 4.58. The van der Waals surface area contributed by atoms with Gasteiger partial charge in [-0.3, -0.25) is 5.41 Å². The van der Waals surface area contributed by atoms with Crippen molar-refractivity contribution >= 4 is 44.5 Å². The molecule has 1 aliphatic carbocycles. The van der Waals surface area contributed by atoms with E-state index in [0.717, 1.165) is 0 Å². The molecule has 22 heavy (non-hydrogen) atoms. The molecule has 5 nitrogen and oxygen atoms in total. The lowest BCUT2D eigenvalue weighted by Gasteiger charge is -2.18. The standard InChI is InChI=1S/C14H13Cl2N3O2S/c1-19-14(22(18,20)21)11-4-2-3-10(13(11)17)9-6-5-8(15)7-12(9)16/h2-7,17,19H,1H3,(H2,18,20,21)/b14-11+,17-13?. The van der Waals surface area contributed by atoms with Gasteiger partial charge in [-0.05, 0) is 18.2 Å². The molecule has 1 aromatic carbocycles. The molecule has 8 heteroatoms. The largest absolute Gasteiger partial charge is 0.377 e. The van der Waals surface area contributed by atoms with E-state index in [1.165, 1.54) is 13.1 Å². The van der Waals surface area contributed by atoms with E-state index in [9.17, 15) is 8.42 Å². The second-order valence-corrected chi connectivity index (χ2v) is 6.82. The Bertz CT molecular complexity index is 840. The van der Waals surface area contributed by atoms with Crippen LogP contribution < -0.4 is 10.5 Å². The zero-order valence-corrected chi connectivity index (χ0v) is 13.9. The molecule has 0 spiro atoms. The molecule has 1 aromatic rings. The number of rotatable bonds is 3. The van der Waals surface area contributed by atoms with Crippen LogP contribution in [0.15, 0.2) is 47.0 Å². The number of nitrogens with one attached hydrogen (secondary N) is 2. The first-order valence-corrected chi connectivity index (χ1v) is 8.44. The van der Waals surface area contributed by atoms with Crippen molar-refractivity contribution in [1.82, 2.24) is 5.32 Å². The van der Waals surface area contributed by atoms with Crippen LogP contribution in [0.1, 0.15) is 5.56 Å². The van der Waals surface area contributed by atoms with Gasteiger partial charge in [0.15, 0.2) is 5.03 Å². The lowest BCUT2D eigenvalue weighted by molar-refractivity contribution is 0.600. The summed E-state index contributed by atoms with van der Waals surface area (Å²) in [6, 6.07) is 4.89. The molecule has 0 aliphatic heterocycles. The van der Waals surface area contributed by atoms with Crippen molar-refractivity contribution in [3.63, 3.8) is 0 Å². The van der Waals surface area contributed by atoms with Crippen LogP contribution in [0.25, 0.3) is 5.57 Å². The quantitative estimate of drug-likeness (QED) is 0.775. The van der Waals surface area contributed by atoms with Gasteiger partial charge >= 0.3 is 0 Å². The van der Waals surface area contributed by atoms with Crippen molar-refractivity contribution in [1.29, 1.82) is 5.41 Å². The van der Waals surface area contributed by atoms with E-state index in [-0.39, 0.29) is 16.3 Å². The highest BCUT2D eigenvalue weighted by atomic mass is 35.5. The fourth-order valence-corrected chi connectivity index (χ4v) is 3.38.